The molecular weight excluding hydrogens is 314 g/mol. The number of nitrogens with one attached hydrogen (secondary N) is 1. The second-order valence-corrected chi connectivity index (χ2v) is 6.49. The first-order valence-corrected chi connectivity index (χ1v) is 8.62. The highest BCUT2D eigenvalue weighted by Crippen LogP contribution is 2.32. The summed E-state index contributed by atoms with van der Waals surface area (Å²) in [6.45, 7) is 4.65. The summed E-state index contributed by atoms with van der Waals surface area (Å²) in [6, 6.07) is 13.5. The fraction of sp³-hybridized carbons (Fsp3) is 0.350. The van der Waals surface area contributed by atoms with E-state index in [2.05, 4.69) is 10.3 Å². The molecule has 2 amide bonds. The average Bonchev–Trinajstić information content (AvgIpc) is 3.10. The molecule has 1 saturated heterocycles. The molecule has 130 valence electrons. The van der Waals surface area contributed by atoms with Gasteiger partial charge < -0.3 is 10.2 Å². The zero-order valence-corrected chi connectivity index (χ0v) is 14.7. The van der Waals surface area contributed by atoms with Crippen molar-refractivity contribution in [3.05, 3.63) is 65.0 Å². The van der Waals surface area contributed by atoms with E-state index in [0.717, 1.165) is 36.3 Å². The zero-order chi connectivity index (χ0) is 17.8. The van der Waals surface area contributed by atoms with Gasteiger partial charge in [-0.05, 0) is 44.0 Å². The number of aryl methyl sites for hydroxylation is 1. The minimum atomic E-state index is -0.0794. The van der Waals surface area contributed by atoms with Gasteiger partial charge in [-0.1, -0.05) is 23.8 Å². The molecule has 1 atom stereocenters. The normalized spacial score (nSPS) is 16.7. The van der Waals surface area contributed by atoms with Crippen LogP contribution in [-0.2, 0) is 11.3 Å². The number of benzene rings is 1. The van der Waals surface area contributed by atoms with Crippen LogP contribution in [0.2, 0.25) is 0 Å². The molecule has 2 aromatic rings. The lowest BCUT2D eigenvalue weighted by molar-refractivity contribution is -0.119. The molecule has 0 spiro atoms. The molecule has 2 heterocycles. The van der Waals surface area contributed by atoms with Gasteiger partial charge >= 0.3 is 0 Å². The quantitative estimate of drug-likeness (QED) is 0.933. The number of rotatable bonds is 4. The van der Waals surface area contributed by atoms with Gasteiger partial charge in [-0.15, -0.1) is 0 Å². The molecule has 5 nitrogen and oxygen atoms in total. The fourth-order valence-electron chi connectivity index (χ4n) is 3.18. The van der Waals surface area contributed by atoms with Gasteiger partial charge in [0.05, 0.1) is 24.0 Å². The molecule has 1 fully saturated rings. The molecule has 0 radical (unpaired) electrons. The third-order valence-corrected chi connectivity index (χ3v) is 4.50. The molecule has 1 aromatic heterocycles. The van der Waals surface area contributed by atoms with E-state index in [-0.39, 0.29) is 17.9 Å². The van der Waals surface area contributed by atoms with Crippen molar-refractivity contribution in [1.82, 2.24) is 15.2 Å². The fourth-order valence-corrected chi connectivity index (χ4v) is 3.18. The number of carbonyl (C=O) groups is 2. The molecule has 3 rings (SSSR count). The molecule has 0 bridgehead atoms. The first-order chi connectivity index (χ1) is 12.0. The van der Waals surface area contributed by atoms with Crippen molar-refractivity contribution >= 4 is 11.8 Å². The van der Waals surface area contributed by atoms with Crippen LogP contribution in [0.4, 0.5) is 0 Å². The Bertz CT molecular complexity index is 771. The highest BCUT2D eigenvalue weighted by atomic mass is 16.2. The SMILES string of the molecule is CC(=O)NCc1cccc([C@H]2CCCN2C(=O)c2ccc(C)cc2)n1. The van der Waals surface area contributed by atoms with Crippen LogP contribution in [0, 0.1) is 6.92 Å². The molecule has 0 saturated carbocycles. The van der Waals surface area contributed by atoms with E-state index in [1.807, 2.05) is 54.3 Å². The summed E-state index contributed by atoms with van der Waals surface area (Å²) < 4.78 is 0. The van der Waals surface area contributed by atoms with Crippen LogP contribution in [-0.4, -0.2) is 28.2 Å². The van der Waals surface area contributed by atoms with Crippen molar-refractivity contribution in [2.24, 2.45) is 0 Å². The number of likely N-dealkylation sites (tertiary alicyclic amines) is 1. The zero-order valence-electron chi connectivity index (χ0n) is 14.7. The summed E-state index contributed by atoms with van der Waals surface area (Å²) in [6.07, 6.45) is 1.88. The van der Waals surface area contributed by atoms with Crippen molar-refractivity contribution < 1.29 is 9.59 Å². The van der Waals surface area contributed by atoms with Crippen molar-refractivity contribution in [2.75, 3.05) is 6.54 Å². The summed E-state index contributed by atoms with van der Waals surface area (Å²) in [7, 11) is 0. The number of pyridine rings is 1. The van der Waals surface area contributed by atoms with E-state index in [4.69, 9.17) is 0 Å². The lowest BCUT2D eigenvalue weighted by atomic mass is 10.1. The number of aromatic nitrogens is 1. The maximum Gasteiger partial charge on any atom is 0.254 e. The summed E-state index contributed by atoms with van der Waals surface area (Å²) in [5.41, 5.74) is 3.55. The second kappa shape index (κ2) is 7.47. The summed E-state index contributed by atoms with van der Waals surface area (Å²) in [5.74, 6) is -0.0270. The standard InChI is InChI=1S/C20H23N3O2/c1-14-8-10-16(11-9-14)20(25)23-12-4-7-19(23)18-6-3-5-17(22-18)13-21-15(2)24/h3,5-6,8-11,19H,4,7,12-13H2,1-2H3,(H,21,24)/t19-/m1/s1. The molecular formula is C20H23N3O2. The predicted molar refractivity (Wildman–Crippen MR) is 95.9 cm³/mol. The Kier molecular flexibility index (Phi) is 5.12. The molecule has 1 aliphatic rings. The van der Waals surface area contributed by atoms with E-state index < -0.39 is 0 Å². The average molecular weight is 337 g/mol. The van der Waals surface area contributed by atoms with Crippen molar-refractivity contribution in [2.45, 2.75) is 39.3 Å². The van der Waals surface area contributed by atoms with Gasteiger partial charge in [0.2, 0.25) is 5.91 Å². The lowest BCUT2D eigenvalue weighted by Crippen LogP contribution is -2.31. The minimum absolute atomic E-state index is 0.00826. The van der Waals surface area contributed by atoms with Crippen molar-refractivity contribution in [3.63, 3.8) is 0 Å². The Labute approximate surface area is 148 Å². The summed E-state index contributed by atoms with van der Waals surface area (Å²) >= 11 is 0. The third kappa shape index (κ3) is 4.05. The molecule has 1 N–H and O–H groups in total. The number of nitrogens with zero attached hydrogens (tertiary/aromatic N) is 2. The number of hydrogen-bond donors (Lipinski definition) is 1. The van der Waals surface area contributed by atoms with Crippen LogP contribution in [0.15, 0.2) is 42.5 Å². The molecule has 1 aliphatic heterocycles. The van der Waals surface area contributed by atoms with Crippen LogP contribution < -0.4 is 5.32 Å². The van der Waals surface area contributed by atoms with Crippen molar-refractivity contribution in [1.29, 1.82) is 0 Å². The molecule has 0 aliphatic carbocycles. The predicted octanol–water partition coefficient (Wildman–Crippen LogP) is 3.00. The van der Waals surface area contributed by atoms with Crippen LogP contribution in [0.3, 0.4) is 0 Å². The Morgan fingerprint density at radius 3 is 2.68 bits per heavy atom. The van der Waals surface area contributed by atoms with Crippen LogP contribution in [0.1, 0.15) is 53.1 Å². The topological polar surface area (TPSA) is 62.3 Å². The highest BCUT2D eigenvalue weighted by Gasteiger charge is 2.31. The molecule has 25 heavy (non-hydrogen) atoms. The van der Waals surface area contributed by atoms with Crippen LogP contribution in [0.25, 0.3) is 0 Å². The van der Waals surface area contributed by atoms with Crippen LogP contribution in [0.5, 0.6) is 0 Å². The van der Waals surface area contributed by atoms with Gasteiger partial charge in [0.15, 0.2) is 0 Å². The first kappa shape index (κ1) is 17.1. The number of amides is 2. The Morgan fingerprint density at radius 2 is 1.96 bits per heavy atom. The van der Waals surface area contributed by atoms with E-state index in [1.165, 1.54) is 6.92 Å². The van der Waals surface area contributed by atoms with Gasteiger partial charge in [-0.25, -0.2) is 0 Å². The molecule has 1 aromatic carbocycles. The third-order valence-electron chi connectivity index (χ3n) is 4.50. The molecule has 5 heteroatoms. The smallest absolute Gasteiger partial charge is 0.254 e. The van der Waals surface area contributed by atoms with E-state index in [9.17, 15) is 9.59 Å². The van der Waals surface area contributed by atoms with Crippen molar-refractivity contribution in [3.8, 4) is 0 Å². The maximum atomic E-state index is 12.9. The monoisotopic (exact) mass is 337 g/mol. The van der Waals surface area contributed by atoms with Gasteiger partial charge in [0, 0.05) is 19.0 Å². The van der Waals surface area contributed by atoms with Gasteiger partial charge in [0.25, 0.3) is 5.91 Å². The number of carbonyl (C=O) groups excluding carboxylic acids is 2. The molecule has 0 unspecified atom stereocenters. The summed E-state index contributed by atoms with van der Waals surface area (Å²) in [5, 5.41) is 2.76. The van der Waals surface area contributed by atoms with E-state index in [1.54, 1.807) is 0 Å². The Hall–Kier alpha value is -2.69. The summed E-state index contributed by atoms with van der Waals surface area (Å²) in [4.78, 5) is 30.5. The Balaban J connectivity index is 1.79. The maximum absolute atomic E-state index is 12.9. The van der Waals surface area contributed by atoms with E-state index >= 15 is 0 Å². The van der Waals surface area contributed by atoms with Gasteiger partial charge in [0.1, 0.15) is 0 Å². The number of hydrogen-bond acceptors (Lipinski definition) is 3. The second-order valence-electron chi connectivity index (χ2n) is 6.49. The highest BCUT2D eigenvalue weighted by molar-refractivity contribution is 5.94. The van der Waals surface area contributed by atoms with Gasteiger partial charge in [-0.2, -0.15) is 0 Å². The minimum Gasteiger partial charge on any atom is -0.351 e. The van der Waals surface area contributed by atoms with Crippen LogP contribution >= 0.6 is 0 Å². The Morgan fingerprint density at radius 1 is 1.20 bits per heavy atom. The van der Waals surface area contributed by atoms with Gasteiger partial charge in [-0.3, -0.25) is 14.6 Å². The van der Waals surface area contributed by atoms with E-state index in [0.29, 0.717) is 12.1 Å². The lowest BCUT2D eigenvalue weighted by Gasteiger charge is -2.25. The largest absolute Gasteiger partial charge is 0.351 e. The first-order valence-electron chi connectivity index (χ1n) is 8.62.